The Bertz CT molecular complexity index is 366. The van der Waals surface area contributed by atoms with Gasteiger partial charge in [0, 0.05) is 12.1 Å². The van der Waals surface area contributed by atoms with Gasteiger partial charge in [-0.25, -0.2) is 4.39 Å². The number of nitrogens with zero attached hydrogens (tertiary/aromatic N) is 1. The molecule has 0 radical (unpaired) electrons. The normalized spacial score (nSPS) is 9.40. The highest BCUT2D eigenvalue weighted by molar-refractivity contribution is 5.78. The van der Waals surface area contributed by atoms with Crippen LogP contribution in [0.15, 0.2) is 24.3 Å². The number of nitro benzene ring substituents is 1. The van der Waals surface area contributed by atoms with Crippen LogP contribution in [0.5, 0.6) is 0 Å². The SMILES string of the molecule is O=C(CF)NNc1ccc([N+](=O)[O-])cc1. The first-order valence-corrected chi connectivity index (χ1v) is 3.99. The molecule has 15 heavy (non-hydrogen) atoms. The fourth-order valence-electron chi connectivity index (χ4n) is 0.842. The topological polar surface area (TPSA) is 84.3 Å². The first kappa shape index (κ1) is 10.9. The van der Waals surface area contributed by atoms with Crippen molar-refractivity contribution in [3.05, 3.63) is 34.4 Å². The van der Waals surface area contributed by atoms with Crippen LogP contribution < -0.4 is 10.9 Å². The van der Waals surface area contributed by atoms with Gasteiger partial charge in [-0.3, -0.25) is 25.8 Å². The van der Waals surface area contributed by atoms with Gasteiger partial charge in [-0.1, -0.05) is 0 Å². The Morgan fingerprint density at radius 2 is 2.00 bits per heavy atom. The Hall–Kier alpha value is -2.18. The minimum atomic E-state index is -1.13. The number of carbonyl (C=O) groups excluding carboxylic acids is 1. The number of non-ortho nitro benzene ring substituents is 1. The molecule has 0 heterocycles. The van der Waals surface area contributed by atoms with Gasteiger partial charge >= 0.3 is 0 Å². The predicted molar refractivity (Wildman–Crippen MR) is 50.8 cm³/mol. The molecule has 0 aliphatic heterocycles. The van der Waals surface area contributed by atoms with E-state index in [9.17, 15) is 19.3 Å². The summed E-state index contributed by atoms with van der Waals surface area (Å²) >= 11 is 0. The number of hydrogen-bond acceptors (Lipinski definition) is 4. The maximum absolute atomic E-state index is 11.7. The summed E-state index contributed by atoms with van der Waals surface area (Å²) in [5.74, 6) is -0.812. The average Bonchev–Trinajstić information content (AvgIpc) is 2.26. The second kappa shape index (κ2) is 4.89. The molecule has 0 bridgehead atoms. The molecule has 2 N–H and O–H groups in total. The highest BCUT2D eigenvalue weighted by Gasteiger charge is 2.04. The van der Waals surface area contributed by atoms with Crippen molar-refractivity contribution in [2.45, 2.75) is 0 Å². The number of alkyl halides is 1. The van der Waals surface area contributed by atoms with E-state index in [1.165, 1.54) is 24.3 Å². The van der Waals surface area contributed by atoms with Crippen molar-refractivity contribution in [1.82, 2.24) is 5.43 Å². The van der Waals surface area contributed by atoms with E-state index in [2.05, 4.69) is 10.9 Å². The molecular weight excluding hydrogens is 205 g/mol. The molecule has 1 rings (SSSR count). The maximum atomic E-state index is 11.7. The minimum absolute atomic E-state index is 0.0580. The molecule has 6 nitrogen and oxygen atoms in total. The number of hydrogen-bond donors (Lipinski definition) is 2. The van der Waals surface area contributed by atoms with Gasteiger partial charge in [0.2, 0.25) is 0 Å². The van der Waals surface area contributed by atoms with Crippen LogP contribution in [0, 0.1) is 10.1 Å². The number of benzene rings is 1. The Balaban J connectivity index is 2.57. The van der Waals surface area contributed by atoms with Crippen LogP contribution in [0.1, 0.15) is 0 Å². The molecule has 1 aromatic rings. The van der Waals surface area contributed by atoms with Crippen molar-refractivity contribution in [3.63, 3.8) is 0 Å². The number of hydrazine groups is 1. The highest BCUT2D eigenvalue weighted by Crippen LogP contribution is 2.14. The molecule has 0 saturated carbocycles. The monoisotopic (exact) mass is 213 g/mol. The Kier molecular flexibility index (Phi) is 3.55. The predicted octanol–water partition coefficient (Wildman–Crippen LogP) is 1.01. The van der Waals surface area contributed by atoms with Gasteiger partial charge in [0.25, 0.3) is 11.6 Å². The van der Waals surface area contributed by atoms with Crippen molar-refractivity contribution in [1.29, 1.82) is 0 Å². The van der Waals surface area contributed by atoms with Crippen molar-refractivity contribution in [3.8, 4) is 0 Å². The molecular formula is C8H8FN3O3. The number of nitrogens with one attached hydrogen (secondary N) is 2. The molecule has 0 spiro atoms. The summed E-state index contributed by atoms with van der Waals surface area (Å²) < 4.78 is 11.7. The van der Waals surface area contributed by atoms with Crippen LogP contribution in [0.4, 0.5) is 15.8 Å². The Morgan fingerprint density at radius 3 is 2.47 bits per heavy atom. The Labute approximate surface area is 84.2 Å². The van der Waals surface area contributed by atoms with E-state index in [4.69, 9.17) is 0 Å². The lowest BCUT2D eigenvalue weighted by molar-refractivity contribution is -0.384. The average molecular weight is 213 g/mol. The van der Waals surface area contributed by atoms with Crippen LogP contribution in [0.25, 0.3) is 0 Å². The van der Waals surface area contributed by atoms with Crippen LogP contribution in [-0.2, 0) is 4.79 Å². The number of carbonyl (C=O) groups is 1. The molecule has 0 saturated heterocycles. The molecule has 0 unspecified atom stereocenters. The Morgan fingerprint density at radius 1 is 1.40 bits per heavy atom. The maximum Gasteiger partial charge on any atom is 0.269 e. The molecule has 7 heteroatoms. The zero-order valence-corrected chi connectivity index (χ0v) is 7.57. The lowest BCUT2D eigenvalue weighted by atomic mass is 10.3. The molecule has 0 aromatic heterocycles. The number of nitro groups is 1. The summed E-state index contributed by atoms with van der Waals surface area (Å²) in [6.07, 6.45) is 0. The van der Waals surface area contributed by atoms with Crippen LogP contribution in [0.2, 0.25) is 0 Å². The second-order valence-electron chi connectivity index (χ2n) is 2.61. The van der Waals surface area contributed by atoms with Gasteiger partial charge in [0.1, 0.15) is 0 Å². The first-order valence-electron chi connectivity index (χ1n) is 3.99. The van der Waals surface area contributed by atoms with Gasteiger partial charge in [-0.2, -0.15) is 0 Å². The van der Waals surface area contributed by atoms with E-state index in [-0.39, 0.29) is 5.69 Å². The zero-order chi connectivity index (χ0) is 11.3. The molecule has 0 aliphatic carbocycles. The second-order valence-corrected chi connectivity index (χ2v) is 2.61. The third kappa shape index (κ3) is 3.22. The van der Waals surface area contributed by atoms with E-state index in [0.717, 1.165) is 0 Å². The van der Waals surface area contributed by atoms with Crippen molar-refractivity contribution in [2.75, 3.05) is 12.1 Å². The van der Waals surface area contributed by atoms with Crippen molar-refractivity contribution in [2.24, 2.45) is 0 Å². The van der Waals surface area contributed by atoms with Gasteiger partial charge in [0.05, 0.1) is 10.6 Å². The fraction of sp³-hybridized carbons (Fsp3) is 0.125. The summed E-state index contributed by atoms with van der Waals surface area (Å²) in [6.45, 7) is -1.13. The van der Waals surface area contributed by atoms with E-state index < -0.39 is 17.5 Å². The number of amides is 1. The van der Waals surface area contributed by atoms with Gasteiger partial charge in [-0.05, 0) is 12.1 Å². The van der Waals surface area contributed by atoms with E-state index >= 15 is 0 Å². The van der Waals surface area contributed by atoms with Gasteiger partial charge in [-0.15, -0.1) is 0 Å². The summed E-state index contributed by atoms with van der Waals surface area (Å²) in [4.78, 5) is 20.3. The number of anilines is 1. The van der Waals surface area contributed by atoms with Crippen LogP contribution in [0.3, 0.4) is 0 Å². The standard InChI is InChI=1S/C8H8FN3O3/c9-5-8(13)11-10-6-1-3-7(4-2-6)12(14)15/h1-4,10H,5H2,(H,11,13). The zero-order valence-electron chi connectivity index (χ0n) is 7.57. The largest absolute Gasteiger partial charge is 0.299 e. The summed E-state index contributed by atoms with van der Waals surface area (Å²) in [5, 5.41) is 10.3. The lowest BCUT2D eigenvalue weighted by Crippen LogP contribution is -2.30. The molecule has 80 valence electrons. The van der Waals surface area contributed by atoms with E-state index in [1.807, 2.05) is 0 Å². The van der Waals surface area contributed by atoms with E-state index in [1.54, 1.807) is 0 Å². The quantitative estimate of drug-likeness (QED) is 0.577. The summed E-state index contributed by atoms with van der Waals surface area (Å²) in [6, 6.07) is 5.33. The number of rotatable bonds is 4. The fourth-order valence-corrected chi connectivity index (χ4v) is 0.842. The van der Waals surface area contributed by atoms with Crippen molar-refractivity contribution >= 4 is 17.3 Å². The van der Waals surface area contributed by atoms with Gasteiger partial charge in [0.15, 0.2) is 6.67 Å². The molecule has 0 fully saturated rings. The molecule has 0 aliphatic rings. The number of halogens is 1. The third-order valence-corrected chi connectivity index (χ3v) is 1.55. The lowest BCUT2D eigenvalue weighted by Gasteiger charge is -2.05. The summed E-state index contributed by atoms with van der Waals surface area (Å²) in [7, 11) is 0. The highest BCUT2D eigenvalue weighted by atomic mass is 19.1. The summed E-state index contributed by atoms with van der Waals surface area (Å²) in [5.41, 5.74) is 4.84. The van der Waals surface area contributed by atoms with E-state index in [0.29, 0.717) is 5.69 Å². The minimum Gasteiger partial charge on any atom is -0.299 e. The van der Waals surface area contributed by atoms with Crippen LogP contribution >= 0.6 is 0 Å². The smallest absolute Gasteiger partial charge is 0.269 e. The molecule has 0 atom stereocenters. The van der Waals surface area contributed by atoms with Crippen molar-refractivity contribution < 1.29 is 14.1 Å². The molecule has 1 amide bonds. The molecule has 1 aromatic carbocycles. The van der Waals surface area contributed by atoms with Crippen LogP contribution in [-0.4, -0.2) is 17.5 Å². The third-order valence-electron chi connectivity index (χ3n) is 1.55. The van der Waals surface area contributed by atoms with Gasteiger partial charge < -0.3 is 0 Å². The first-order chi connectivity index (χ1) is 7.13.